The predicted molar refractivity (Wildman–Crippen MR) is 211 cm³/mol. The second kappa shape index (κ2) is 15.4. The van der Waals surface area contributed by atoms with Gasteiger partial charge in [-0.05, 0) is 89.4 Å². The number of halogens is 2. The van der Waals surface area contributed by atoms with Crippen LogP contribution in [0.4, 0.5) is 14.6 Å². The quantitative estimate of drug-likeness (QED) is 0.188. The van der Waals surface area contributed by atoms with E-state index >= 15 is 8.78 Å². The molecule has 7 atom stereocenters. The van der Waals surface area contributed by atoms with E-state index in [1.807, 2.05) is 0 Å². The van der Waals surface area contributed by atoms with Gasteiger partial charge in [0.1, 0.15) is 39.6 Å². The summed E-state index contributed by atoms with van der Waals surface area (Å²) in [5.41, 5.74) is -2.11. The Labute approximate surface area is 331 Å². The molecule has 1 saturated carbocycles. The Morgan fingerprint density at radius 2 is 1.84 bits per heavy atom. The highest BCUT2D eigenvalue weighted by atomic mass is 19.1. The van der Waals surface area contributed by atoms with Crippen LogP contribution in [0.2, 0.25) is 0 Å². The highest BCUT2D eigenvalue weighted by Gasteiger charge is 2.51. The van der Waals surface area contributed by atoms with Crippen molar-refractivity contribution < 1.29 is 43.0 Å². The van der Waals surface area contributed by atoms with Crippen LogP contribution in [0.1, 0.15) is 71.3 Å². The molecule has 304 valence electrons. The second-order valence-corrected chi connectivity index (χ2v) is 16.8. The van der Waals surface area contributed by atoms with Gasteiger partial charge in [-0.25, -0.2) is 13.8 Å². The van der Waals surface area contributed by atoms with Crippen molar-refractivity contribution in [1.29, 1.82) is 0 Å². The molecule has 14 heteroatoms. The van der Waals surface area contributed by atoms with E-state index < -0.39 is 23.3 Å². The van der Waals surface area contributed by atoms with Gasteiger partial charge in [-0.2, -0.15) is 9.97 Å². The number of hydrogen-bond acceptors (Lipinski definition) is 12. The molecule has 2 aromatic heterocycles. The van der Waals surface area contributed by atoms with Crippen molar-refractivity contribution in [2.24, 2.45) is 5.41 Å². The van der Waals surface area contributed by atoms with E-state index in [0.29, 0.717) is 24.1 Å². The highest BCUT2D eigenvalue weighted by molar-refractivity contribution is 6.04. The SMILES string of the molecule is C#Cc1c(F)ccc2cc(O)cc(-c3nc(OC)c4c(N5C[C@@H](CO)OCC(C)(O)C5)nc(OC[C@]56CCC[C@H]5N(C5C[C@@H](C)O[C@@H](C)C5)CCC6)nc4c3F)c12. The van der Waals surface area contributed by atoms with Crippen molar-refractivity contribution >= 4 is 27.5 Å². The molecule has 57 heavy (non-hydrogen) atoms. The summed E-state index contributed by atoms with van der Waals surface area (Å²) in [6, 6.07) is 5.97. The van der Waals surface area contributed by atoms with Crippen molar-refractivity contribution in [2.45, 2.75) is 102 Å². The van der Waals surface area contributed by atoms with E-state index in [9.17, 15) is 15.3 Å². The molecule has 3 saturated heterocycles. The number of hydrogen-bond donors (Lipinski definition) is 3. The lowest BCUT2D eigenvalue weighted by atomic mass is 9.74. The topological polar surface area (TPSA) is 143 Å². The summed E-state index contributed by atoms with van der Waals surface area (Å²) in [7, 11) is 1.37. The number of methoxy groups -OCH3 is 1. The van der Waals surface area contributed by atoms with Crippen molar-refractivity contribution in [3.8, 4) is 41.2 Å². The molecule has 12 nitrogen and oxygen atoms in total. The molecule has 5 heterocycles. The van der Waals surface area contributed by atoms with Gasteiger partial charge in [0.15, 0.2) is 5.82 Å². The summed E-state index contributed by atoms with van der Waals surface area (Å²) >= 11 is 0. The van der Waals surface area contributed by atoms with Crippen LogP contribution in [-0.4, -0.2) is 118 Å². The number of anilines is 1. The molecule has 0 bridgehead atoms. The zero-order valence-corrected chi connectivity index (χ0v) is 32.9. The summed E-state index contributed by atoms with van der Waals surface area (Å²) in [5, 5.41) is 32.9. The molecule has 0 spiro atoms. The van der Waals surface area contributed by atoms with Crippen LogP contribution in [-0.2, 0) is 9.47 Å². The Bertz CT molecular complexity index is 2210. The lowest BCUT2D eigenvalue weighted by Crippen LogP contribution is -2.57. The normalized spacial score (nSPS) is 29.6. The van der Waals surface area contributed by atoms with Crippen molar-refractivity contribution in [1.82, 2.24) is 19.9 Å². The molecular weight excluding hydrogens is 736 g/mol. The second-order valence-electron chi connectivity index (χ2n) is 16.8. The molecule has 8 rings (SSSR count). The molecule has 0 radical (unpaired) electrons. The zero-order valence-electron chi connectivity index (χ0n) is 32.9. The van der Waals surface area contributed by atoms with Crippen LogP contribution in [0.5, 0.6) is 17.6 Å². The van der Waals surface area contributed by atoms with Gasteiger partial charge >= 0.3 is 6.01 Å². The average Bonchev–Trinajstić information content (AvgIpc) is 3.55. The Hall–Kier alpha value is -4.39. The number of phenols is 1. The first-order valence-corrected chi connectivity index (χ1v) is 19.9. The predicted octanol–water partition coefficient (Wildman–Crippen LogP) is 5.74. The largest absolute Gasteiger partial charge is 0.508 e. The first kappa shape index (κ1) is 39.4. The maximum Gasteiger partial charge on any atom is 0.319 e. The van der Waals surface area contributed by atoms with Crippen LogP contribution in [0.15, 0.2) is 24.3 Å². The number of aromatic hydroxyl groups is 1. The number of terminal acetylenes is 1. The molecule has 4 fully saturated rings. The van der Waals surface area contributed by atoms with Crippen LogP contribution >= 0.6 is 0 Å². The third-order valence-corrected chi connectivity index (χ3v) is 12.4. The number of nitrogens with zero attached hydrogens (tertiary/aromatic N) is 5. The van der Waals surface area contributed by atoms with Gasteiger partial charge in [0.2, 0.25) is 5.88 Å². The number of rotatable bonds is 8. The van der Waals surface area contributed by atoms with Gasteiger partial charge in [-0.1, -0.05) is 18.4 Å². The van der Waals surface area contributed by atoms with Gasteiger partial charge in [0.25, 0.3) is 0 Å². The number of benzene rings is 2. The van der Waals surface area contributed by atoms with E-state index in [2.05, 4.69) is 29.7 Å². The molecule has 4 aliphatic rings. The number of piperidine rings is 1. The Kier molecular flexibility index (Phi) is 10.7. The third-order valence-electron chi connectivity index (χ3n) is 12.4. The number of aliphatic hydroxyl groups is 2. The molecule has 0 amide bonds. The van der Waals surface area contributed by atoms with Gasteiger partial charge < -0.3 is 39.2 Å². The van der Waals surface area contributed by atoms with E-state index in [4.69, 9.17) is 35.3 Å². The number of likely N-dealkylation sites (tertiary alicyclic amines) is 1. The van der Waals surface area contributed by atoms with E-state index in [1.54, 1.807) is 11.8 Å². The number of phenolic OH excluding ortho intramolecular Hbond substituents is 1. The summed E-state index contributed by atoms with van der Waals surface area (Å²) < 4.78 is 57.0. The van der Waals surface area contributed by atoms with Crippen LogP contribution in [0.25, 0.3) is 32.9 Å². The minimum absolute atomic E-state index is 0.00645. The van der Waals surface area contributed by atoms with Crippen LogP contribution in [0, 0.1) is 29.4 Å². The van der Waals surface area contributed by atoms with Crippen molar-refractivity contribution in [2.75, 3.05) is 51.5 Å². The Morgan fingerprint density at radius 1 is 1.07 bits per heavy atom. The number of aliphatic hydroxyl groups excluding tert-OH is 1. The van der Waals surface area contributed by atoms with Crippen molar-refractivity contribution in [3.63, 3.8) is 0 Å². The zero-order chi connectivity index (χ0) is 40.2. The van der Waals surface area contributed by atoms with E-state index in [1.165, 1.54) is 31.4 Å². The lowest BCUT2D eigenvalue weighted by molar-refractivity contribution is -0.0967. The van der Waals surface area contributed by atoms with Crippen LogP contribution in [0.3, 0.4) is 0 Å². The fraction of sp³-hybridized carbons (Fsp3) is 0.558. The van der Waals surface area contributed by atoms with E-state index in [-0.39, 0.29) is 100 Å². The molecule has 2 unspecified atom stereocenters. The maximum atomic E-state index is 17.5. The first-order chi connectivity index (χ1) is 27.3. The lowest BCUT2D eigenvalue weighted by Gasteiger charge is -2.51. The number of β-amino-alcohol motifs (C(OH)–C–C–N with tert-alkyl or cyclic N) is 1. The maximum absolute atomic E-state index is 17.5. The fourth-order valence-corrected chi connectivity index (χ4v) is 10.1. The molecule has 4 aromatic rings. The average molecular weight is 788 g/mol. The molecule has 3 N–H and O–H groups in total. The molecular formula is C43H51F2N5O7. The number of aromatic nitrogens is 3. The highest BCUT2D eigenvalue weighted by Crippen LogP contribution is 2.50. The monoisotopic (exact) mass is 787 g/mol. The fourth-order valence-electron chi connectivity index (χ4n) is 10.1. The minimum atomic E-state index is -1.38. The summed E-state index contributed by atoms with van der Waals surface area (Å²) in [6.07, 6.45) is 12.5. The summed E-state index contributed by atoms with van der Waals surface area (Å²) in [5.74, 6) is 0.671. The standard InChI is InChI=1S/C43H51F2N5O7/c1-6-30-32(44)11-10-26-17-28(52)18-31(34(26)30)37-36(45)38-35(40(46-37)54-5)39(49-19-29(20-51)55-22-42(4,53)21-49)48-41(47-38)56-23-43-12-7-9-33(43)50(14-8-13-43)27-15-24(2)57-25(3)16-27/h1,10-11,17-18,24-25,27,29,33,51-53H,7-9,12-16,19-23H2,2-5H3/t24-,25+,27?,29-,33+,42?,43+/m0/s1. The smallest absolute Gasteiger partial charge is 0.319 e. The number of ether oxygens (including phenoxy) is 4. The molecule has 3 aliphatic heterocycles. The van der Waals surface area contributed by atoms with Crippen molar-refractivity contribution in [3.05, 3.63) is 41.5 Å². The molecule has 2 aromatic carbocycles. The Balaban J connectivity index is 1.27. The van der Waals surface area contributed by atoms with E-state index in [0.717, 1.165) is 51.5 Å². The number of pyridine rings is 1. The van der Waals surface area contributed by atoms with Gasteiger partial charge in [0, 0.05) is 35.0 Å². The molecule has 1 aliphatic carbocycles. The Morgan fingerprint density at radius 3 is 2.58 bits per heavy atom. The first-order valence-electron chi connectivity index (χ1n) is 19.9. The van der Waals surface area contributed by atoms with Gasteiger partial charge in [0.05, 0.1) is 57.4 Å². The van der Waals surface area contributed by atoms with Gasteiger partial charge in [-0.15, -0.1) is 6.42 Å². The number of fused-ring (bicyclic) bond motifs is 3. The summed E-state index contributed by atoms with van der Waals surface area (Å²) in [6.45, 7) is 6.94. The minimum Gasteiger partial charge on any atom is -0.508 e. The third kappa shape index (κ3) is 7.33. The van der Waals surface area contributed by atoms with Crippen LogP contribution < -0.4 is 14.4 Å². The van der Waals surface area contributed by atoms with Gasteiger partial charge in [-0.3, -0.25) is 4.90 Å². The summed E-state index contributed by atoms with van der Waals surface area (Å²) in [4.78, 5) is 18.6.